The van der Waals surface area contributed by atoms with E-state index in [4.69, 9.17) is 14.4 Å². The van der Waals surface area contributed by atoms with Gasteiger partial charge in [0.1, 0.15) is 12.2 Å². The van der Waals surface area contributed by atoms with E-state index in [9.17, 15) is 18.6 Å². The topological polar surface area (TPSA) is 134 Å². The smallest absolute Gasteiger partial charge is 0.390 e. The van der Waals surface area contributed by atoms with Crippen LogP contribution < -0.4 is 0 Å². The molecule has 0 saturated carbocycles. The molecule has 4 N–H and O–H groups in total. The molecule has 0 spiro atoms. The van der Waals surface area contributed by atoms with Gasteiger partial charge >= 0.3 is 10.4 Å². The quantitative estimate of drug-likeness (QED) is 0.405. The van der Waals surface area contributed by atoms with Crippen molar-refractivity contribution >= 4 is 10.4 Å². The molecule has 0 unspecified atom stereocenters. The zero-order valence-electron chi connectivity index (χ0n) is 7.55. The van der Waals surface area contributed by atoms with Gasteiger partial charge in [0.15, 0.2) is 6.29 Å². The van der Waals surface area contributed by atoms with Crippen molar-refractivity contribution in [3.05, 3.63) is 0 Å². The first kappa shape index (κ1) is 12.8. The highest BCUT2D eigenvalue weighted by molar-refractivity contribution is 7.80. The first-order valence-electron chi connectivity index (χ1n) is 4.11. The Bertz CT molecular complexity index is 300. The SMILES string of the molecule is O=S(=O)(O)OC[C@H]1O[C@H](O)C[C@@H](O)[C@@H]1O. The second-order valence-corrected chi connectivity index (χ2v) is 4.23. The zero-order valence-corrected chi connectivity index (χ0v) is 8.37. The summed E-state index contributed by atoms with van der Waals surface area (Å²) in [6, 6.07) is 0. The van der Waals surface area contributed by atoms with Crippen LogP contribution in [0.25, 0.3) is 0 Å². The molecule has 0 aromatic carbocycles. The third-order valence-electron chi connectivity index (χ3n) is 1.93. The Morgan fingerprint density at radius 3 is 2.47 bits per heavy atom. The van der Waals surface area contributed by atoms with E-state index in [0.29, 0.717) is 0 Å². The van der Waals surface area contributed by atoms with Crippen LogP contribution in [0.3, 0.4) is 0 Å². The molecule has 0 amide bonds. The van der Waals surface area contributed by atoms with Crippen molar-refractivity contribution < 1.29 is 37.2 Å². The third kappa shape index (κ3) is 3.99. The van der Waals surface area contributed by atoms with Crippen LogP contribution >= 0.6 is 0 Å². The lowest BCUT2D eigenvalue weighted by molar-refractivity contribution is -0.237. The van der Waals surface area contributed by atoms with Crippen LogP contribution in [0.4, 0.5) is 0 Å². The molecule has 1 aliphatic heterocycles. The molecule has 1 rings (SSSR count). The zero-order chi connectivity index (χ0) is 11.6. The van der Waals surface area contributed by atoms with Gasteiger partial charge in [0.05, 0.1) is 12.7 Å². The van der Waals surface area contributed by atoms with Crippen LogP contribution in [0, 0.1) is 0 Å². The highest BCUT2D eigenvalue weighted by Gasteiger charge is 2.36. The van der Waals surface area contributed by atoms with E-state index in [1.807, 2.05) is 0 Å². The second kappa shape index (κ2) is 4.70. The maximum absolute atomic E-state index is 10.2. The maximum atomic E-state index is 10.2. The van der Waals surface area contributed by atoms with Crippen LogP contribution in [-0.2, 0) is 19.3 Å². The molecule has 8 nitrogen and oxygen atoms in total. The predicted octanol–water partition coefficient (Wildman–Crippen LogP) is -2.37. The molecule has 1 saturated heterocycles. The molecule has 0 bridgehead atoms. The molecule has 1 fully saturated rings. The summed E-state index contributed by atoms with van der Waals surface area (Å²) >= 11 is 0. The van der Waals surface area contributed by atoms with Gasteiger partial charge in [0.2, 0.25) is 0 Å². The number of aliphatic hydroxyl groups excluding tert-OH is 3. The van der Waals surface area contributed by atoms with Gasteiger partial charge in [-0.05, 0) is 0 Å². The van der Waals surface area contributed by atoms with Crippen molar-refractivity contribution in [3.8, 4) is 0 Å². The summed E-state index contributed by atoms with van der Waals surface area (Å²) < 4.78 is 37.3. The number of rotatable bonds is 3. The molecule has 15 heavy (non-hydrogen) atoms. The van der Waals surface area contributed by atoms with E-state index >= 15 is 0 Å². The minimum atomic E-state index is -4.64. The molecule has 9 heteroatoms. The Hall–Kier alpha value is -0.290. The highest BCUT2D eigenvalue weighted by atomic mass is 32.3. The Morgan fingerprint density at radius 2 is 1.93 bits per heavy atom. The number of hydrogen-bond acceptors (Lipinski definition) is 7. The normalized spacial score (nSPS) is 37.9. The summed E-state index contributed by atoms with van der Waals surface area (Å²) in [7, 11) is -4.64. The third-order valence-corrected chi connectivity index (χ3v) is 2.37. The van der Waals surface area contributed by atoms with Gasteiger partial charge < -0.3 is 20.1 Å². The summed E-state index contributed by atoms with van der Waals surface area (Å²) in [5.41, 5.74) is 0. The molecule has 0 radical (unpaired) electrons. The second-order valence-electron chi connectivity index (χ2n) is 3.14. The largest absolute Gasteiger partial charge is 0.397 e. The van der Waals surface area contributed by atoms with Crippen molar-refractivity contribution in [2.45, 2.75) is 31.0 Å². The van der Waals surface area contributed by atoms with E-state index in [1.165, 1.54) is 0 Å². The fourth-order valence-corrected chi connectivity index (χ4v) is 1.53. The fraction of sp³-hybridized carbons (Fsp3) is 1.00. The van der Waals surface area contributed by atoms with Crippen molar-refractivity contribution in [1.29, 1.82) is 0 Å². The molecular formula is C6H12O8S. The number of ether oxygens (including phenoxy) is 1. The van der Waals surface area contributed by atoms with Crippen LogP contribution in [0.2, 0.25) is 0 Å². The van der Waals surface area contributed by atoms with Gasteiger partial charge in [0.25, 0.3) is 0 Å². The molecule has 1 aliphatic rings. The number of hydrogen-bond donors (Lipinski definition) is 4. The Kier molecular flexibility index (Phi) is 4.00. The lowest BCUT2D eigenvalue weighted by Crippen LogP contribution is -2.50. The lowest BCUT2D eigenvalue weighted by atomic mass is 10.0. The van der Waals surface area contributed by atoms with E-state index in [-0.39, 0.29) is 6.42 Å². The van der Waals surface area contributed by atoms with Crippen LogP contribution in [-0.4, -0.2) is 59.5 Å². The first-order valence-corrected chi connectivity index (χ1v) is 5.47. The summed E-state index contributed by atoms with van der Waals surface area (Å²) in [5.74, 6) is 0. The minimum absolute atomic E-state index is 0.177. The van der Waals surface area contributed by atoms with Crippen molar-refractivity contribution in [2.24, 2.45) is 0 Å². The Balaban J connectivity index is 2.52. The Morgan fingerprint density at radius 1 is 1.33 bits per heavy atom. The monoisotopic (exact) mass is 244 g/mol. The molecular weight excluding hydrogens is 232 g/mol. The molecule has 1 heterocycles. The van der Waals surface area contributed by atoms with Crippen LogP contribution in [0.1, 0.15) is 6.42 Å². The van der Waals surface area contributed by atoms with Crippen molar-refractivity contribution in [3.63, 3.8) is 0 Å². The summed E-state index contributed by atoms with van der Waals surface area (Å²) in [6.45, 7) is -0.686. The summed E-state index contributed by atoms with van der Waals surface area (Å²) in [5, 5.41) is 27.5. The fourth-order valence-electron chi connectivity index (χ4n) is 1.22. The summed E-state index contributed by atoms with van der Waals surface area (Å²) in [4.78, 5) is 0. The highest BCUT2D eigenvalue weighted by Crippen LogP contribution is 2.19. The van der Waals surface area contributed by atoms with Gasteiger partial charge in [0, 0.05) is 6.42 Å². The van der Waals surface area contributed by atoms with Gasteiger partial charge in [-0.25, -0.2) is 4.18 Å². The van der Waals surface area contributed by atoms with E-state index in [2.05, 4.69) is 4.18 Å². The molecule has 0 aromatic rings. The molecule has 0 aliphatic carbocycles. The average Bonchev–Trinajstić information content (AvgIpc) is 2.07. The minimum Gasteiger partial charge on any atom is -0.390 e. The standard InChI is InChI=1S/C6H12O8S/c7-3-1-5(8)14-4(6(3)9)2-13-15(10,11)12/h3-9H,1-2H2,(H,10,11,12)/t3-,4-,5+,6+/m1/s1. The van der Waals surface area contributed by atoms with Gasteiger partial charge in [-0.15, -0.1) is 0 Å². The first-order chi connectivity index (χ1) is 6.79. The lowest BCUT2D eigenvalue weighted by Gasteiger charge is -2.34. The average molecular weight is 244 g/mol. The van der Waals surface area contributed by atoms with Gasteiger partial charge in [-0.2, -0.15) is 8.42 Å². The summed E-state index contributed by atoms with van der Waals surface area (Å²) in [6.07, 6.45) is -5.31. The van der Waals surface area contributed by atoms with Gasteiger partial charge in [-0.3, -0.25) is 4.55 Å². The molecule has 4 atom stereocenters. The predicted molar refractivity (Wildman–Crippen MR) is 45.0 cm³/mol. The Labute approximate surface area is 86.0 Å². The number of aliphatic hydroxyl groups is 3. The van der Waals surface area contributed by atoms with Gasteiger partial charge in [-0.1, -0.05) is 0 Å². The van der Waals surface area contributed by atoms with E-state index < -0.39 is 41.6 Å². The molecule has 90 valence electrons. The van der Waals surface area contributed by atoms with Crippen molar-refractivity contribution in [1.82, 2.24) is 0 Å². The van der Waals surface area contributed by atoms with E-state index in [1.54, 1.807) is 0 Å². The maximum Gasteiger partial charge on any atom is 0.397 e. The van der Waals surface area contributed by atoms with Crippen molar-refractivity contribution in [2.75, 3.05) is 6.61 Å². The molecule has 0 aromatic heterocycles. The van der Waals surface area contributed by atoms with Crippen LogP contribution in [0.15, 0.2) is 0 Å². The van der Waals surface area contributed by atoms with Crippen LogP contribution in [0.5, 0.6) is 0 Å². The van der Waals surface area contributed by atoms with E-state index in [0.717, 1.165) is 0 Å².